The molecule has 0 radical (unpaired) electrons. The molecule has 3 aromatic rings. The molecule has 0 aromatic carbocycles. The van der Waals surface area contributed by atoms with Crippen molar-refractivity contribution < 1.29 is 15.3 Å². The normalized spacial score (nSPS) is 13.2. The first-order valence-electron chi connectivity index (χ1n) is 7.48. The summed E-state index contributed by atoms with van der Waals surface area (Å²) in [4.78, 5) is 29.5. The number of fused-ring (bicyclic) bond motifs is 3. The van der Waals surface area contributed by atoms with E-state index in [1.807, 2.05) is 6.92 Å². The first-order valence-corrected chi connectivity index (χ1v) is 7.48. The van der Waals surface area contributed by atoms with Crippen LogP contribution in [0.3, 0.4) is 0 Å². The van der Waals surface area contributed by atoms with Crippen molar-refractivity contribution >= 4 is 16.9 Å². The summed E-state index contributed by atoms with van der Waals surface area (Å²) in [7, 11) is 1.49. The standard InChI is InChI=1S/C14H19N5O5/c1-8-5-18-10-11(15-13(18)17(8)3-4-20)16(2)14(24)19(12(10)23)6-9(22)7-21/h5,9,20-22H,3-4,6-7H2,1-2H3/t9-/m1/s1. The zero-order valence-electron chi connectivity index (χ0n) is 13.4. The maximum absolute atomic E-state index is 12.7. The molecule has 3 aromatic heterocycles. The topological polar surface area (TPSA) is 127 Å². The molecule has 0 aliphatic rings. The molecule has 0 saturated heterocycles. The molecule has 0 amide bonds. The van der Waals surface area contributed by atoms with E-state index in [2.05, 4.69) is 4.98 Å². The zero-order chi connectivity index (χ0) is 17.6. The number of hydrogen-bond donors (Lipinski definition) is 3. The van der Waals surface area contributed by atoms with E-state index in [4.69, 9.17) is 5.11 Å². The van der Waals surface area contributed by atoms with Crippen LogP contribution in [0.5, 0.6) is 0 Å². The molecule has 3 rings (SSSR count). The summed E-state index contributed by atoms with van der Waals surface area (Å²) >= 11 is 0. The van der Waals surface area contributed by atoms with E-state index >= 15 is 0 Å². The molecule has 10 nitrogen and oxygen atoms in total. The predicted octanol–water partition coefficient (Wildman–Crippen LogP) is -2.20. The average molecular weight is 337 g/mol. The minimum Gasteiger partial charge on any atom is -0.395 e. The number of nitrogens with zero attached hydrogens (tertiary/aromatic N) is 5. The van der Waals surface area contributed by atoms with Crippen molar-refractivity contribution in [1.82, 2.24) is 23.1 Å². The lowest BCUT2D eigenvalue weighted by molar-refractivity contribution is 0.0791. The summed E-state index contributed by atoms with van der Waals surface area (Å²) in [5.74, 6) is 0.448. The number of aliphatic hydroxyl groups excluding tert-OH is 3. The van der Waals surface area contributed by atoms with Gasteiger partial charge in [0.25, 0.3) is 5.56 Å². The minimum absolute atomic E-state index is 0.0831. The van der Waals surface area contributed by atoms with Crippen molar-refractivity contribution in [3.63, 3.8) is 0 Å². The summed E-state index contributed by atoms with van der Waals surface area (Å²) in [6.45, 7) is 1.20. The summed E-state index contributed by atoms with van der Waals surface area (Å²) in [5, 5.41) is 27.8. The molecular weight excluding hydrogens is 318 g/mol. The fourth-order valence-corrected chi connectivity index (χ4v) is 2.86. The van der Waals surface area contributed by atoms with Crippen LogP contribution in [0.25, 0.3) is 16.9 Å². The van der Waals surface area contributed by atoms with Gasteiger partial charge in [0, 0.05) is 25.5 Å². The van der Waals surface area contributed by atoms with E-state index in [1.54, 1.807) is 15.2 Å². The Morgan fingerprint density at radius 1 is 1.25 bits per heavy atom. The van der Waals surface area contributed by atoms with Gasteiger partial charge in [-0.3, -0.25) is 18.3 Å². The lowest BCUT2D eigenvalue weighted by Gasteiger charge is -2.10. The van der Waals surface area contributed by atoms with Crippen LogP contribution >= 0.6 is 0 Å². The van der Waals surface area contributed by atoms with Gasteiger partial charge in [0.05, 0.1) is 25.9 Å². The number of aromatic nitrogens is 5. The van der Waals surface area contributed by atoms with E-state index < -0.39 is 24.0 Å². The van der Waals surface area contributed by atoms with Gasteiger partial charge in [0.2, 0.25) is 5.78 Å². The van der Waals surface area contributed by atoms with Crippen LogP contribution in [0.2, 0.25) is 0 Å². The molecule has 0 saturated carbocycles. The Balaban J connectivity index is 2.39. The van der Waals surface area contributed by atoms with Crippen LogP contribution in [-0.4, -0.2) is 57.7 Å². The Labute approximate surface area is 135 Å². The molecule has 0 unspecified atom stereocenters. The van der Waals surface area contributed by atoms with Crippen molar-refractivity contribution in [3.05, 3.63) is 32.7 Å². The van der Waals surface area contributed by atoms with Crippen molar-refractivity contribution in [2.24, 2.45) is 7.05 Å². The van der Waals surface area contributed by atoms with Crippen molar-refractivity contribution in [2.45, 2.75) is 26.1 Å². The SMILES string of the molecule is Cc1cn2c3c(=O)n(C[C@@H](O)CO)c(=O)n(C)c3nc2n1CCO. The van der Waals surface area contributed by atoms with Gasteiger partial charge in [-0.2, -0.15) is 4.98 Å². The lowest BCUT2D eigenvalue weighted by atomic mass is 10.3. The highest BCUT2D eigenvalue weighted by molar-refractivity contribution is 5.75. The fraction of sp³-hybridized carbons (Fsp3) is 0.500. The predicted molar refractivity (Wildman–Crippen MR) is 85.1 cm³/mol. The summed E-state index contributed by atoms with van der Waals surface area (Å²) in [6.07, 6.45) is 0.496. The molecule has 24 heavy (non-hydrogen) atoms. The number of aryl methyl sites for hydroxylation is 2. The molecule has 3 heterocycles. The van der Waals surface area contributed by atoms with Gasteiger partial charge >= 0.3 is 5.69 Å². The largest absolute Gasteiger partial charge is 0.395 e. The van der Waals surface area contributed by atoms with Gasteiger partial charge in [-0.25, -0.2) is 4.79 Å². The molecule has 3 N–H and O–H groups in total. The fourth-order valence-electron chi connectivity index (χ4n) is 2.86. The number of aliphatic hydroxyl groups is 3. The second-order valence-corrected chi connectivity index (χ2v) is 5.69. The Bertz CT molecular complexity index is 1020. The molecule has 0 bridgehead atoms. The Hall–Kier alpha value is -2.43. The van der Waals surface area contributed by atoms with Gasteiger partial charge in [-0.05, 0) is 6.92 Å². The van der Waals surface area contributed by atoms with E-state index in [-0.39, 0.29) is 24.3 Å². The van der Waals surface area contributed by atoms with Crippen LogP contribution in [0.15, 0.2) is 15.8 Å². The molecule has 10 heteroatoms. The highest BCUT2D eigenvalue weighted by Gasteiger charge is 2.20. The van der Waals surface area contributed by atoms with Gasteiger partial charge in [0.15, 0.2) is 11.2 Å². The van der Waals surface area contributed by atoms with Gasteiger partial charge in [-0.15, -0.1) is 0 Å². The number of imidazole rings is 2. The van der Waals surface area contributed by atoms with E-state index in [0.29, 0.717) is 12.3 Å². The number of hydrogen-bond acceptors (Lipinski definition) is 6. The maximum Gasteiger partial charge on any atom is 0.332 e. The third-order valence-corrected chi connectivity index (χ3v) is 4.07. The first-order chi connectivity index (χ1) is 11.4. The highest BCUT2D eigenvalue weighted by Crippen LogP contribution is 2.15. The van der Waals surface area contributed by atoms with Gasteiger partial charge in [-0.1, -0.05) is 0 Å². The number of rotatable bonds is 5. The molecule has 1 atom stereocenters. The zero-order valence-corrected chi connectivity index (χ0v) is 13.4. The molecule has 130 valence electrons. The van der Waals surface area contributed by atoms with E-state index in [0.717, 1.165) is 10.3 Å². The van der Waals surface area contributed by atoms with E-state index in [1.165, 1.54) is 11.6 Å². The third-order valence-electron chi connectivity index (χ3n) is 4.07. The van der Waals surface area contributed by atoms with E-state index in [9.17, 15) is 19.8 Å². The van der Waals surface area contributed by atoms with Gasteiger partial charge in [0.1, 0.15) is 0 Å². The second kappa shape index (κ2) is 5.89. The molecule has 0 spiro atoms. The Morgan fingerprint density at radius 3 is 2.58 bits per heavy atom. The van der Waals surface area contributed by atoms with Crippen LogP contribution < -0.4 is 11.2 Å². The monoisotopic (exact) mass is 337 g/mol. The average Bonchev–Trinajstić information content (AvgIpc) is 3.06. The van der Waals surface area contributed by atoms with Crippen LogP contribution in [-0.2, 0) is 20.1 Å². The summed E-state index contributed by atoms with van der Waals surface area (Å²) < 4.78 is 5.43. The minimum atomic E-state index is -1.21. The van der Waals surface area contributed by atoms with Gasteiger partial charge < -0.3 is 19.9 Å². The third kappa shape index (κ3) is 2.27. The van der Waals surface area contributed by atoms with Crippen LogP contribution in [0, 0.1) is 6.92 Å². The first kappa shape index (κ1) is 16.4. The molecule has 0 fully saturated rings. The summed E-state index contributed by atoms with van der Waals surface area (Å²) in [6, 6.07) is 0. The smallest absolute Gasteiger partial charge is 0.332 e. The quantitative estimate of drug-likeness (QED) is 0.485. The molecule has 0 aliphatic carbocycles. The van der Waals surface area contributed by atoms with Crippen LogP contribution in [0.1, 0.15) is 5.69 Å². The second-order valence-electron chi connectivity index (χ2n) is 5.69. The van der Waals surface area contributed by atoms with Crippen LogP contribution in [0.4, 0.5) is 0 Å². The highest BCUT2D eigenvalue weighted by atomic mass is 16.3. The Kier molecular flexibility index (Phi) is 4.03. The van der Waals surface area contributed by atoms with Crippen molar-refractivity contribution in [2.75, 3.05) is 13.2 Å². The van der Waals surface area contributed by atoms with Crippen molar-refractivity contribution in [1.29, 1.82) is 0 Å². The molecule has 0 aliphatic heterocycles. The summed E-state index contributed by atoms with van der Waals surface area (Å²) in [5.41, 5.74) is 0.0301. The maximum atomic E-state index is 12.7. The lowest BCUT2D eigenvalue weighted by Crippen LogP contribution is -2.42. The molecular formula is C14H19N5O5. The van der Waals surface area contributed by atoms with Crippen molar-refractivity contribution in [3.8, 4) is 0 Å². The Morgan fingerprint density at radius 2 is 1.96 bits per heavy atom.